The Labute approximate surface area is 445 Å². The summed E-state index contributed by atoms with van der Waals surface area (Å²) in [7, 11) is 4.62. The number of methoxy groups -OCH3 is 3. The first-order valence-electron chi connectivity index (χ1n) is 27.2. The molecule has 4 aliphatic carbocycles. The molecule has 7 aliphatic rings. The smallest absolute Gasteiger partial charge is 0.339 e. The molecule has 3 aliphatic heterocycles. The highest BCUT2D eigenvalue weighted by Crippen LogP contribution is 2.72. The third-order valence-corrected chi connectivity index (χ3v) is 19.3. The second-order valence-electron chi connectivity index (χ2n) is 23.1. The van der Waals surface area contributed by atoms with Gasteiger partial charge in [-0.2, -0.15) is 0 Å². The highest BCUT2D eigenvalue weighted by molar-refractivity contribution is 5.89. The molecule has 1 aromatic carbocycles. The third kappa shape index (κ3) is 10.1. The number of aliphatic hydroxyl groups is 5. The van der Waals surface area contributed by atoms with Crippen molar-refractivity contribution in [2.24, 2.45) is 22.7 Å². The molecule has 4 saturated carbocycles. The van der Waals surface area contributed by atoms with Crippen LogP contribution in [0.3, 0.4) is 0 Å². The summed E-state index contributed by atoms with van der Waals surface area (Å²) in [5, 5.41) is 61.1. The molecule has 23 atom stereocenters. The van der Waals surface area contributed by atoms with Crippen LogP contribution < -0.4 is 0 Å². The second kappa shape index (κ2) is 22.6. The van der Waals surface area contributed by atoms with E-state index in [0.717, 1.165) is 5.56 Å². The van der Waals surface area contributed by atoms with E-state index in [1.165, 1.54) is 19.4 Å². The first-order chi connectivity index (χ1) is 36.1. The van der Waals surface area contributed by atoms with Gasteiger partial charge in [-0.1, -0.05) is 44.2 Å². The summed E-state index contributed by atoms with van der Waals surface area (Å²) in [4.78, 5) is 31.5. The number of aromatic nitrogens is 1. The summed E-state index contributed by atoms with van der Waals surface area (Å²) in [6, 6.07) is 12.5. The molecular formula is C57H81NO18. The number of hydrogen-bond acceptors (Lipinski definition) is 19. The van der Waals surface area contributed by atoms with E-state index >= 15 is 0 Å². The van der Waals surface area contributed by atoms with Crippen molar-refractivity contribution >= 4 is 18.0 Å². The lowest BCUT2D eigenvalue weighted by molar-refractivity contribution is -0.353. The fraction of sp³-hybridized carbons (Fsp3) is 0.737. The van der Waals surface area contributed by atoms with Crippen LogP contribution in [-0.2, 0) is 56.9 Å². The van der Waals surface area contributed by atoms with Gasteiger partial charge in [-0.3, -0.25) is 4.98 Å². The number of rotatable bonds is 15. The summed E-state index contributed by atoms with van der Waals surface area (Å²) in [6.45, 7) is 10.9. The van der Waals surface area contributed by atoms with E-state index < -0.39 is 138 Å². The van der Waals surface area contributed by atoms with Crippen LogP contribution in [-0.4, -0.2) is 179 Å². The van der Waals surface area contributed by atoms with Crippen LogP contribution >= 0.6 is 0 Å². The minimum absolute atomic E-state index is 0.0269. The minimum atomic E-state index is -1.97. The number of nitrogens with zero attached hydrogens (tertiary/aromatic N) is 1. The highest BCUT2D eigenvalue weighted by Gasteiger charge is 2.82. The molecule has 0 unspecified atom stereocenters. The molecule has 3 saturated heterocycles. The minimum Gasteiger partial charge on any atom is -0.458 e. The second-order valence-corrected chi connectivity index (χ2v) is 23.1. The number of hydrogen-bond donors (Lipinski definition) is 5. The third-order valence-electron chi connectivity index (χ3n) is 19.3. The molecule has 0 amide bonds. The number of ether oxygens (including phenoxy) is 11. The van der Waals surface area contributed by atoms with Crippen LogP contribution in [0.15, 0.2) is 60.9 Å². The number of carbonyl (C=O) groups is 2. The summed E-state index contributed by atoms with van der Waals surface area (Å²) >= 11 is 0. The fourth-order valence-corrected chi connectivity index (χ4v) is 14.9. The number of benzene rings is 1. The number of esters is 2. The van der Waals surface area contributed by atoms with Crippen molar-refractivity contribution in [3.8, 4) is 0 Å². The zero-order chi connectivity index (χ0) is 54.5. The van der Waals surface area contributed by atoms with Gasteiger partial charge in [0.15, 0.2) is 18.9 Å². The van der Waals surface area contributed by atoms with E-state index in [9.17, 15) is 35.1 Å². The average Bonchev–Trinajstić information content (AvgIpc) is 3.75. The van der Waals surface area contributed by atoms with Crippen molar-refractivity contribution in [1.82, 2.24) is 4.98 Å². The lowest BCUT2D eigenvalue weighted by Gasteiger charge is -2.69. The summed E-state index contributed by atoms with van der Waals surface area (Å²) in [5.74, 6) is -1.89. The molecule has 0 radical (unpaired) electrons. The van der Waals surface area contributed by atoms with Crippen molar-refractivity contribution in [3.05, 3.63) is 72.1 Å². The molecule has 422 valence electrons. The highest BCUT2D eigenvalue weighted by atomic mass is 16.8. The van der Waals surface area contributed by atoms with Gasteiger partial charge < -0.3 is 77.6 Å². The number of pyridine rings is 1. The van der Waals surface area contributed by atoms with Gasteiger partial charge in [-0.25, -0.2) is 9.59 Å². The molecule has 0 spiro atoms. The van der Waals surface area contributed by atoms with E-state index in [1.54, 1.807) is 59.4 Å². The molecule has 4 heterocycles. The van der Waals surface area contributed by atoms with Crippen molar-refractivity contribution in [3.63, 3.8) is 0 Å². The zero-order valence-corrected chi connectivity index (χ0v) is 45.3. The molecule has 19 nitrogen and oxygen atoms in total. The quantitative estimate of drug-likeness (QED) is 0.0913. The maximum Gasteiger partial charge on any atom is 0.339 e. The molecular weight excluding hydrogens is 987 g/mol. The molecule has 0 bridgehead atoms. The van der Waals surface area contributed by atoms with E-state index in [0.29, 0.717) is 38.5 Å². The first kappa shape index (κ1) is 57.2. The lowest BCUT2D eigenvalue weighted by atomic mass is 9.40. The van der Waals surface area contributed by atoms with E-state index in [1.807, 2.05) is 44.2 Å². The van der Waals surface area contributed by atoms with Crippen molar-refractivity contribution in [2.45, 2.75) is 221 Å². The Balaban J connectivity index is 0.863. The Morgan fingerprint density at radius 2 is 1.41 bits per heavy atom. The normalized spacial score (nSPS) is 45.8. The molecule has 9 rings (SSSR count). The largest absolute Gasteiger partial charge is 0.458 e. The predicted octanol–water partition coefficient (Wildman–Crippen LogP) is 4.80. The SMILES string of the molecule is CO[C@@H]1[C@@H](O)[C@H](O[C@@H]2[C@@H](C)O[C@@H](O[C@H]3[C@@H](OC)C[C@H](O[C@H]4CC[C@@]5(C)[C@@H](CC[C@]6(O)[C@@H]5C[C@@H](OC(=O)c5cccnc5)[C@@]5(C)[C@]6(O)CC[C@@]5(O)[C@H](C)OC(=O)C=Cc5ccccc5)C4)O[C@@H]3C)C[C@H]2OC)O[C@H](C)[C@H]1O. The molecule has 1 aromatic heterocycles. The standard InChI is InChI=1S/C57H81NO18/c1-31-46(60)50(68-9)47(61)52(71-31)76-49-33(3)70-45(28-40(49)67-8)75-48-32(2)69-44(27-39(48)66-7)73-38-20-21-53(5)37(26-38)19-22-56(64)41(53)29-42(74-51(62)36-16-13-25-58-30-36)54(6)55(63,23-24-57(54,56)65)34(4)72-43(59)18-17-35-14-11-10-12-15-35/h10-18,25,30-34,37-42,44-50,52,60-61,63-65H,19-24,26-29H2,1-9H3/t31-,32-,33-,34+,37+,38+,39+,40-,41-,42-,44+,45+,46-,47-,48-,49-,50+,52+,53+,54-,55-,56+,57-/m1/s1. The van der Waals surface area contributed by atoms with Gasteiger partial charge in [0.1, 0.15) is 53.9 Å². The van der Waals surface area contributed by atoms with Gasteiger partial charge in [0.05, 0.1) is 53.2 Å². The molecule has 76 heavy (non-hydrogen) atoms. The molecule has 5 N–H and O–H groups in total. The van der Waals surface area contributed by atoms with E-state index in [2.05, 4.69) is 11.9 Å². The van der Waals surface area contributed by atoms with Gasteiger partial charge in [-0.05, 0) is 120 Å². The van der Waals surface area contributed by atoms with E-state index in [4.69, 9.17) is 52.1 Å². The summed E-state index contributed by atoms with van der Waals surface area (Å²) < 4.78 is 68.1. The van der Waals surface area contributed by atoms with E-state index in [-0.39, 0.29) is 43.3 Å². The summed E-state index contributed by atoms with van der Waals surface area (Å²) in [5.41, 5.74) is -6.85. The topological polar surface area (TPSA) is 250 Å². The number of aliphatic hydroxyl groups excluding tert-OH is 2. The Kier molecular flexibility index (Phi) is 17.0. The Morgan fingerprint density at radius 3 is 2.05 bits per heavy atom. The van der Waals surface area contributed by atoms with Crippen molar-refractivity contribution in [2.75, 3.05) is 21.3 Å². The Hall–Kier alpha value is -3.51. The number of fused-ring (bicyclic) bond motifs is 5. The van der Waals surface area contributed by atoms with Crippen LogP contribution in [0.2, 0.25) is 0 Å². The predicted molar refractivity (Wildman–Crippen MR) is 271 cm³/mol. The van der Waals surface area contributed by atoms with Crippen LogP contribution in [0.1, 0.15) is 122 Å². The number of carbonyl (C=O) groups excluding carboxylic acids is 2. The fourth-order valence-electron chi connectivity index (χ4n) is 14.9. The molecule has 19 heteroatoms. The monoisotopic (exact) mass is 1070 g/mol. The molecule has 2 aromatic rings. The summed E-state index contributed by atoms with van der Waals surface area (Å²) in [6.07, 6.45) is -2.52. The van der Waals surface area contributed by atoms with Crippen LogP contribution in [0.25, 0.3) is 6.08 Å². The van der Waals surface area contributed by atoms with Crippen molar-refractivity contribution < 1.29 is 87.2 Å². The maximum atomic E-state index is 14.0. The van der Waals surface area contributed by atoms with Crippen molar-refractivity contribution in [1.29, 1.82) is 0 Å². The molecule has 7 fully saturated rings. The van der Waals surface area contributed by atoms with Crippen LogP contribution in [0.4, 0.5) is 0 Å². The van der Waals surface area contributed by atoms with Crippen LogP contribution in [0.5, 0.6) is 0 Å². The zero-order valence-electron chi connectivity index (χ0n) is 45.3. The van der Waals surface area contributed by atoms with Gasteiger partial charge in [0.25, 0.3) is 0 Å². The van der Waals surface area contributed by atoms with Gasteiger partial charge >= 0.3 is 11.9 Å². The van der Waals surface area contributed by atoms with Gasteiger partial charge in [-0.15, -0.1) is 0 Å². The Morgan fingerprint density at radius 1 is 0.737 bits per heavy atom. The Bertz CT molecular complexity index is 2330. The average molecular weight is 1070 g/mol. The van der Waals surface area contributed by atoms with Crippen LogP contribution in [0, 0.1) is 22.7 Å². The van der Waals surface area contributed by atoms with Gasteiger partial charge in [0.2, 0.25) is 0 Å². The lowest BCUT2D eigenvalue weighted by Crippen LogP contribution is -2.79. The maximum absolute atomic E-state index is 14.0. The first-order valence-corrected chi connectivity index (χ1v) is 27.2. The van der Waals surface area contributed by atoms with Gasteiger partial charge in [0, 0.05) is 52.6 Å².